The number of hydrogen-bond donors (Lipinski definition) is 1. The highest BCUT2D eigenvalue weighted by Crippen LogP contribution is 2.27. The van der Waals surface area contributed by atoms with Crippen molar-refractivity contribution in [2.45, 2.75) is 26.9 Å². The SMILES string of the molecule is Cc1ccc(OC(C)C)cc1-c1cn[nH]c1. The molecule has 84 valence electrons. The van der Waals surface area contributed by atoms with Crippen molar-refractivity contribution < 1.29 is 4.74 Å². The molecule has 3 nitrogen and oxygen atoms in total. The van der Waals surface area contributed by atoms with E-state index >= 15 is 0 Å². The Bertz CT molecular complexity index is 461. The van der Waals surface area contributed by atoms with Crippen LogP contribution >= 0.6 is 0 Å². The molecule has 16 heavy (non-hydrogen) atoms. The zero-order chi connectivity index (χ0) is 11.5. The number of benzene rings is 1. The molecular weight excluding hydrogens is 200 g/mol. The molecule has 0 bridgehead atoms. The lowest BCUT2D eigenvalue weighted by molar-refractivity contribution is 0.242. The zero-order valence-electron chi connectivity index (χ0n) is 9.82. The minimum atomic E-state index is 0.194. The van der Waals surface area contributed by atoms with Crippen LogP contribution in [0.15, 0.2) is 30.6 Å². The van der Waals surface area contributed by atoms with E-state index in [0.29, 0.717) is 0 Å². The first kappa shape index (κ1) is 10.7. The van der Waals surface area contributed by atoms with Gasteiger partial charge in [0.1, 0.15) is 5.75 Å². The van der Waals surface area contributed by atoms with Gasteiger partial charge in [0.15, 0.2) is 0 Å². The van der Waals surface area contributed by atoms with E-state index in [9.17, 15) is 0 Å². The fourth-order valence-corrected chi connectivity index (χ4v) is 1.66. The Labute approximate surface area is 95.5 Å². The van der Waals surface area contributed by atoms with Gasteiger partial charge in [0.2, 0.25) is 0 Å². The maximum atomic E-state index is 5.68. The summed E-state index contributed by atoms with van der Waals surface area (Å²) in [6.45, 7) is 6.14. The Hall–Kier alpha value is -1.77. The summed E-state index contributed by atoms with van der Waals surface area (Å²) >= 11 is 0. The third-order valence-electron chi connectivity index (χ3n) is 2.39. The molecule has 1 aromatic heterocycles. The second-order valence-electron chi connectivity index (χ2n) is 4.13. The highest BCUT2D eigenvalue weighted by atomic mass is 16.5. The molecule has 1 N–H and O–H groups in total. The van der Waals surface area contributed by atoms with Gasteiger partial charge in [-0.15, -0.1) is 0 Å². The number of aryl methyl sites for hydroxylation is 1. The number of rotatable bonds is 3. The van der Waals surface area contributed by atoms with E-state index in [0.717, 1.165) is 16.9 Å². The van der Waals surface area contributed by atoms with E-state index in [1.54, 1.807) is 0 Å². The molecule has 0 saturated heterocycles. The smallest absolute Gasteiger partial charge is 0.120 e. The van der Waals surface area contributed by atoms with Gasteiger partial charge in [-0.05, 0) is 44.0 Å². The molecule has 2 aromatic rings. The maximum absolute atomic E-state index is 5.68. The molecule has 0 fully saturated rings. The lowest BCUT2D eigenvalue weighted by Gasteiger charge is -2.12. The fraction of sp³-hybridized carbons (Fsp3) is 0.308. The number of nitrogens with zero attached hydrogens (tertiary/aromatic N) is 1. The Kier molecular flexibility index (Phi) is 2.95. The molecule has 0 aliphatic rings. The van der Waals surface area contributed by atoms with Crippen LogP contribution in [0.2, 0.25) is 0 Å². The highest BCUT2D eigenvalue weighted by Gasteiger charge is 2.05. The van der Waals surface area contributed by atoms with Crippen molar-refractivity contribution in [1.29, 1.82) is 0 Å². The molecule has 0 saturated carbocycles. The second kappa shape index (κ2) is 4.39. The first-order chi connectivity index (χ1) is 7.66. The van der Waals surface area contributed by atoms with Crippen LogP contribution in [0.3, 0.4) is 0 Å². The third kappa shape index (κ3) is 2.24. The molecule has 0 atom stereocenters. The summed E-state index contributed by atoms with van der Waals surface area (Å²) in [6, 6.07) is 6.12. The van der Waals surface area contributed by atoms with Gasteiger partial charge in [-0.25, -0.2) is 0 Å². The van der Waals surface area contributed by atoms with Crippen LogP contribution in [-0.4, -0.2) is 16.3 Å². The van der Waals surface area contributed by atoms with Crippen LogP contribution in [0.1, 0.15) is 19.4 Å². The fourth-order valence-electron chi connectivity index (χ4n) is 1.66. The Morgan fingerprint density at radius 3 is 2.75 bits per heavy atom. The summed E-state index contributed by atoms with van der Waals surface area (Å²) in [4.78, 5) is 0. The van der Waals surface area contributed by atoms with Crippen molar-refractivity contribution in [3.8, 4) is 16.9 Å². The van der Waals surface area contributed by atoms with Crippen molar-refractivity contribution in [2.24, 2.45) is 0 Å². The van der Waals surface area contributed by atoms with Crippen LogP contribution < -0.4 is 4.74 Å². The van der Waals surface area contributed by atoms with Gasteiger partial charge in [0, 0.05) is 11.8 Å². The summed E-state index contributed by atoms with van der Waals surface area (Å²) in [6.07, 6.45) is 3.91. The average Bonchev–Trinajstić information content (AvgIpc) is 2.73. The largest absolute Gasteiger partial charge is 0.491 e. The van der Waals surface area contributed by atoms with Gasteiger partial charge >= 0.3 is 0 Å². The van der Waals surface area contributed by atoms with Gasteiger partial charge in [0.05, 0.1) is 12.3 Å². The predicted octanol–water partition coefficient (Wildman–Crippen LogP) is 3.17. The number of hydrogen-bond acceptors (Lipinski definition) is 2. The van der Waals surface area contributed by atoms with Crippen molar-refractivity contribution in [3.63, 3.8) is 0 Å². The number of H-pyrrole nitrogens is 1. The number of nitrogens with one attached hydrogen (secondary N) is 1. The molecule has 2 rings (SSSR count). The number of aromatic nitrogens is 2. The Morgan fingerprint density at radius 2 is 2.12 bits per heavy atom. The molecule has 0 spiro atoms. The molecule has 0 unspecified atom stereocenters. The maximum Gasteiger partial charge on any atom is 0.120 e. The summed E-state index contributed by atoms with van der Waals surface area (Å²) < 4.78 is 5.68. The van der Waals surface area contributed by atoms with E-state index in [1.807, 2.05) is 32.3 Å². The number of aromatic amines is 1. The molecule has 0 aliphatic carbocycles. The van der Waals surface area contributed by atoms with Crippen LogP contribution in [0.5, 0.6) is 5.75 Å². The van der Waals surface area contributed by atoms with Gasteiger partial charge in [-0.1, -0.05) is 6.07 Å². The minimum absolute atomic E-state index is 0.194. The lowest BCUT2D eigenvalue weighted by Crippen LogP contribution is -2.05. The van der Waals surface area contributed by atoms with Gasteiger partial charge in [-0.3, -0.25) is 5.10 Å². The standard InChI is InChI=1S/C13H16N2O/c1-9(2)16-12-5-4-10(3)13(6-12)11-7-14-15-8-11/h4-9H,1-3H3,(H,14,15). The third-order valence-corrected chi connectivity index (χ3v) is 2.39. The average molecular weight is 216 g/mol. The highest BCUT2D eigenvalue weighted by molar-refractivity contribution is 5.67. The quantitative estimate of drug-likeness (QED) is 0.855. The molecule has 0 aliphatic heterocycles. The van der Waals surface area contributed by atoms with Crippen LogP contribution in [0.25, 0.3) is 11.1 Å². The van der Waals surface area contributed by atoms with Crippen LogP contribution in [-0.2, 0) is 0 Å². The first-order valence-corrected chi connectivity index (χ1v) is 5.43. The second-order valence-corrected chi connectivity index (χ2v) is 4.13. The van der Waals surface area contributed by atoms with Gasteiger partial charge in [0.25, 0.3) is 0 Å². The van der Waals surface area contributed by atoms with Crippen molar-refractivity contribution in [3.05, 3.63) is 36.2 Å². The lowest BCUT2D eigenvalue weighted by atomic mass is 10.0. The molecule has 0 amide bonds. The Morgan fingerprint density at radius 1 is 1.31 bits per heavy atom. The number of ether oxygens (including phenoxy) is 1. The summed E-state index contributed by atoms with van der Waals surface area (Å²) in [5.74, 6) is 0.900. The summed E-state index contributed by atoms with van der Waals surface area (Å²) in [7, 11) is 0. The predicted molar refractivity (Wildman–Crippen MR) is 64.5 cm³/mol. The normalized spacial score (nSPS) is 10.8. The van der Waals surface area contributed by atoms with E-state index in [4.69, 9.17) is 4.74 Å². The molecule has 1 aromatic carbocycles. The van der Waals surface area contributed by atoms with Crippen LogP contribution in [0, 0.1) is 6.92 Å². The zero-order valence-corrected chi connectivity index (χ0v) is 9.82. The Balaban J connectivity index is 2.37. The van der Waals surface area contributed by atoms with Crippen molar-refractivity contribution in [1.82, 2.24) is 10.2 Å². The topological polar surface area (TPSA) is 37.9 Å². The van der Waals surface area contributed by atoms with Crippen LogP contribution in [0.4, 0.5) is 0 Å². The van der Waals surface area contributed by atoms with E-state index in [2.05, 4.69) is 29.3 Å². The molecular formula is C13H16N2O. The molecule has 3 heteroatoms. The first-order valence-electron chi connectivity index (χ1n) is 5.43. The summed E-state index contributed by atoms with van der Waals surface area (Å²) in [5, 5.41) is 6.79. The van der Waals surface area contributed by atoms with Gasteiger partial charge in [-0.2, -0.15) is 5.10 Å². The summed E-state index contributed by atoms with van der Waals surface area (Å²) in [5.41, 5.74) is 3.47. The van der Waals surface area contributed by atoms with E-state index < -0.39 is 0 Å². The van der Waals surface area contributed by atoms with Crippen molar-refractivity contribution in [2.75, 3.05) is 0 Å². The molecule has 1 heterocycles. The molecule has 0 radical (unpaired) electrons. The monoisotopic (exact) mass is 216 g/mol. The van der Waals surface area contributed by atoms with Crippen molar-refractivity contribution >= 4 is 0 Å². The van der Waals surface area contributed by atoms with Gasteiger partial charge < -0.3 is 4.74 Å². The minimum Gasteiger partial charge on any atom is -0.491 e. The van der Waals surface area contributed by atoms with E-state index in [1.165, 1.54) is 5.56 Å². The van der Waals surface area contributed by atoms with E-state index in [-0.39, 0.29) is 6.10 Å².